The Morgan fingerprint density at radius 3 is 2.03 bits per heavy atom. The average Bonchev–Trinajstić information content (AvgIpc) is 2.77. The van der Waals surface area contributed by atoms with Crippen molar-refractivity contribution in [3.05, 3.63) is 95.1 Å². The van der Waals surface area contributed by atoms with Gasteiger partial charge in [0, 0.05) is 6.54 Å². The Balaban J connectivity index is 2.24. The smallest absolute Gasteiger partial charge is 0.416 e. The highest BCUT2D eigenvalue weighted by Crippen LogP contribution is 2.41. The minimum atomic E-state index is -4.48. The molecule has 0 radical (unpaired) electrons. The molecule has 3 N–H and O–H groups in total. The summed E-state index contributed by atoms with van der Waals surface area (Å²) in [6, 6.07) is 19.2. The molecule has 0 amide bonds. The van der Waals surface area contributed by atoms with Crippen LogP contribution >= 0.6 is 0 Å². The number of ether oxygens (including phenoxy) is 1. The van der Waals surface area contributed by atoms with Gasteiger partial charge in [-0.1, -0.05) is 49.4 Å². The van der Waals surface area contributed by atoms with Gasteiger partial charge in [0.05, 0.1) is 5.56 Å². The summed E-state index contributed by atoms with van der Waals surface area (Å²) in [5.41, 5.74) is 7.63. The van der Waals surface area contributed by atoms with Crippen LogP contribution in [-0.4, -0.2) is 18.3 Å². The van der Waals surface area contributed by atoms with Crippen LogP contribution in [0, 0.1) is 0 Å². The van der Waals surface area contributed by atoms with E-state index in [1.165, 1.54) is 24.3 Å². The number of nitrogens with two attached hydrogens (primary N) is 1. The van der Waals surface area contributed by atoms with Gasteiger partial charge in [-0.2, -0.15) is 13.2 Å². The molecule has 162 valence electrons. The summed E-state index contributed by atoms with van der Waals surface area (Å²) in [7, 11) is 0. The summed E-state index contributed by atoms with van der Waals surface area (Å²) in [5, 5.41) is 9.70. The normalized spacial score (nSPS) is 12.4. The number of allylic oxidation sites excluding steroid dienone is 1. The van der Waals surface area contributed by atoms with E-state index in [0.717, 1.165) is 11.6 Å². The summed E-state index contributed by atoms with van der Waals surface area (Å²) in [4.78, 5) is 0. The number of rotatable bonds is 7. The molecule has 0 aliphatic carbocycles. The van der Waals surface area contributed by atoms with Crippen LogP contribution in [0.25, 0.3) is 11.1 Å². The summed E-state index contributed by atoms with van der Waals surface area (Å²) in [6.45, 7) is 2.59. The van der Waals surface area contributed by atoms with Gasteiger partial charge >= 0.3 is 6.18 Å². The Morgan fingerprint density at radius 2 is 1.48 bits per heavy atom. The van der Waals surface area contributed by atoms with Crippen molar-refractivity contribution in [3.63, 3.8) is 0 Å². The van der Waals surface area contributed by atoms with Crippen LogP contribution < -0.4 is 10.5 Å². The van der Waals surface area contributed by atoms with E-state index in [9.17, 15) is 18.3 Å². The molecule has 3 nitrogen and oxygen atoms in total. The molecule has 0 aliphatic heterocycles. The van der Waals surface area contributed by atoms with Gasteiger partial charge in [-0.05, 0) is 64.6 Å². The van der Waals surface area contributed by atoms with Gasteiger partial charge < -0.3 is 15.6 Å². The molecule has 6 heteroatoms. The molecular weight excluding hydrogens is 403 g/mol. The van der Waals surface area contributed by atoms with Crippen molar-refractivity contribution in [2.24, 2.45) is 5.73 Å². The maximum atomic E-state index is 13.8. The molecule has 0 saturated heterocycles. The zero-order valence-electron chi connectivity index (χ0n) is 17.1. The Hall–Kier alpha value is -3.25. The quantitative estimate of drug-likeness (QED) is 0.447. The number of phenolic OH excluding ortho intramolecular Hbond substituents is 1. The highest BCUT2D eigenvalue weighted by molar-refractivity contribution is 5.99. The lowest BCUT2D eigenvalue weighted by Crippen LogP contribution is -2.10. The summed E-state index contributed by atoms with van der Waals surface area (Å²) in [6.07, 6.45) is -4.09. The third-order valence-corrected chi connectivity index (χ3v) is 4.90. The standard InChI is InChI=1S/C25H24F3NO2/c1-2-21(22-5-3-4-6-23(22)25(26,27)28)24(17-7-11-19(30)12-8-17)18-9-13-20(14-10-18)31-16-15-29/h3-14,30H,2,15-16,29H2,1H3/b24-21-. The number of benzene rings is 3. The minimum absolute atomic E-state index is 0.0855. The molecule has 0 fully saturated rings. The van der Waals surface area contributed by atoms with E-state index in [0.29, 0.717) is 42.0 Å². The Kier molecular flexibility index (Phi) is 7.02. The van der Waals surface area contributed by atoms with Crippen molar-refractivity contribution in [2.45, 2.75) is 19.5 Å². The van der Waals surface area contributed by atoms with E-state index in [-0.39, 0.29) is 11.3 Å². The van der Waals surface area contributed by atoms with E-state index in [1.807, 2.05) is 19.1 Å². The number of aromatic hydroxyl groups is 1. The number of hydrogen-bond acceptors (Lipinski definition) is 3. The minimum Gasteiger partial charge on any atom is -0.508 e. The molecule has 3 aromatic carbocycles. The van der Waals surface area contributed by atoms with Gasteiger partial charge in [0.2, 0.25) is 0 Å². The number of phenols is 1. The lowest BCUT2D eigenvalue weighted by molar-refractivity contribution is -0.137. The lowest BCUT2D eigenvalue weighted by atomic mass is 9.86. The van der Waals surface area contributed by atoms with E-state index in [1.54, 1.807) is 30.3 Å². The van der Waals surface area contributed by atoms with E-state index in [2.05, 4.69) is 0 Å². The summed E-state index contributed by atoms with van der Waals surface area (Å²) < 4.78 is 46.8. The zero-order valence-corrected chi connectivity index (χ0v) is 17.1. The van der Waals surface area contributed by atoms with Gasteiger partial charge in [-0.15, -0.1) is 0 Å². The summed E-state index contributed by atoms with van der Waals surface area (Å²) in [5.74, 6) is 0.718. The van der Waals surface area contributed by atoms with Crippen molar-refractivity contribution in [1.29, 1.82) is 0 Å². The molecule has 0 unspecified atom stereocenters. The fraction of sp³-hybridized carbons (Fsp3) is 0.200. The largest absolute Gasteiger partial charge is 0.508 e. The Bertz CT molecular complexity index is 1040. The predicted octanol–water partition coefficient (Wildman–Crippen LogP) is 6.12. The highest BCUT2D eigenvalue weighted by atomic mass is 19.4. The van der Waals surface area contributed by atoms with Crippen molar-refractivity contribution >= 4 is 11.1 Å². The molecule has 3 rings (SSSR count). The first-order chi connectivity index (χ1) is 14.8. The molecule has 0 bridgehead atoms. The Labute approximate surface area is 179 Å². The lowest BCUT2D eigenvalue weighted by Gasteiger charge is -2.20. The van der Waals surface area contributed by atoms with E-state index < -0.39 is 11.7 Å². The second-order valence-electron chi connectivity index (χ2n) is 6.96. The van der Waals surface area contributed by atoms with E-state index >= 15 is 0 Å². The third kappa shape index (κ3) is 5.27. The summed E-state index contributed by atoms with van der Waals surface area (Å²) >= 11 is 0. The fourth-order valence-electron chi connectivity index (χ4n) is 3.53. The molecule has 0 spiro atoms. The van der Waals surface area contributed by atoms with Gasteiger partial charge in [0.25, 0.3) is 0 Å². The topological polar surface area (TPSA) is 55.5 Å². The van der Waals surface area contributed by atoms with Gasteiger partial charge in [-0.25, -0.2) is 0 Å². The molecule has 0 aromatic heterocycles. The third-order valence-electron chi connectivity index (χ3n) is 4.90. The second kappa shape index (κ2) is 9.71. The van der Waals surface area contributed by atoms with Gasteiger partial charge in [0.15, 0.2) is 0 Å². The van der Waals surface area contributed by atoms with Crippen LogP contribution in [0.5, 0.6) is 11.5 Å². The molecule has 0 saturated carbocycles. The molecule has 0 aliphatic rings. The second-order valence-corrected chi connectivity index (χ2v) is 6.96. The first-order valence-electron chi connectivity index (χ1n) is 9.97. The van der Waals surface area contributed by atoms with Crippen molar-refractivity contribution in [2.75, 3.05) is 13.2 Å². The average molecular weight is 427 g/mol. The van der Waals surface area contributed by atoms with Gasteiger partial charge in [-0.3, -0.25) is 0 Å². The highest BCUT2D eigenvalue weighted by Gasteiger charge is 2.34. The first kappa shape index (κ1) is 22.4. The Morgan fingerprint density at radius 1 is 0.903 bits per heavy atom. The van der Waals surface area contributed by atoms with Crippen LogP contribution in [0.4, 0.5) is 13.2 Å². The number of alkyl halides is 3. The van der Waals surface area contributed by atoms with Crippen molar-refractivity contribution < 1.29 is 23.0 Å². The zero-order chi connectivity index (χ0) is 22.4. The monoisotopic (exact) mass is 427 g/mol. The molecule has 3 aromatic rings. The maximum Gasteiger partial charge on any atom is 0.416 e. The van der Waals surface area contributed by atoms with Crippen molar-refractivity contribution in [3.8, 4) is 11.5 Å². The maximum absolute atomic E-state index is 13.8. The SMILES string of the molecule is CC/C(=C(\c1ccc(O)cc1)c1ccc(OCCN)cc1)c1ccccc1C(F)(F)F. The number of halogens is 3. The molecular formula is C25H24F3NO2. The fourth-order valence-corrected chi connectivity index (χ4v) is 3.53. The predicted molar refractivity (Wildman–Crippen MR) is 117 cm³/mol. The van der Waals surface area contributed by atoms with Crippen LogP contribution in [0.15, 0.2) is 72.8 Å². The first-order valence-corrected chi connectivity index (χ1v) is 9.97. The van der Waals surface area contributed by atoms with Gasteiger partial charge in [0.1, 0.15) is 18.1 Å². The molecule has 0 atom stereocenters. The van der Waals surface area contributed by atoms with Crippen LogP contribution in [0.1, 0.15) is 35.6 Å². The van der Waals surface area contributed by atoms with Crippen molar-refractivity contribution in [1.82, 2.24) is 0 Å². The van der Waals surface area contributed by atoms with E-state index in [4.69, 9.17) is 10.5 Å². The van der Waals surface area contributed by atoms with Crippen LogP contribution in [0.2, 0.25) is 0 Å². The van der Waals surface area contributed by atoms with Crippen LogP contribution in [0.3, 0.4) is 0 Å². The van der Waals surface area contributed by atoms with Crippen LogP contribution in [-0.2, 0) is 6.18 Å². The number of hydrogen-bond donors (Lipinski definition) is 2. The molecule has 31 heavy (non-hydrogen) atoms. The molecule has 0 heterocycles.